The maximum Gasteiger partial charge on any atom is 0.294 e. The molecule has 0 aliphatic carbocycles. The molecule has 1 aromatic carbocycles. The van der Waals surface area contributed by atoms with Crippen molar-refractivity contribution in [1.82, 2.24) is 0 Å². The molecule has 0 radical (unpaired) electrons. The minimum atomic E-state index is -4.03. The molecule has 0 unspecified atom stereocenters. The summed E-state index contributed by atoms with van der Waals surface area (Å²) < 4.78 is 29.9. The van der Waals surface area contributed by atoms with Crippen LogP contribution in [-0.4, -0.2) is 18.2 Å². The highest BCUT2D eigenvalue weighted by atomic mass is 32.2. The number of aryl methyl sites for hydroxylation is 1. The van der Waals surface area contributed by atoms with Gasteiger partial charge in [-0.25, -0.2) is 5.90 Å². The summed E-state index contributed by atoms with van der Waals surface area (Å²) in [5, 5.41) is 6.50. The number of hydrogen-bond acceptors (Lipinski definition) is 4. The average Bonchev–Trinajstić information content (AvgIpc) is 2.07. The van der Waals surface area contributed by atoms with Crippen LogP contribution in [0.1, 0.15) is 5.56 Å². The van der Waals surface area contributed by atoms with E-state index in [9.17, 15) is 8.42 Å². The molecule has 0 atom stereocenters. The molecule has 0 heterocycles. The molecule has 0 fully saturated rings. The zero-order chi connectivity index (χ0) is 10.5. The molecule has 1 aromatic rings. The van der Waals surface area contributed by atoms with E-state index in [-0.39, 0.29) is 4.90 Å². The van der Waals surface area contributed by atoms with Crippen molar-refractivity contribution >= 4 is 10.1 Å². The van der Waals surface area contributed by atoms with Crippen molar-refractivity contribution in [3.63, 3.8) is 0 Å². The normalized spacial score (nSPS) is 10.2. The second kappa shape index (κ2) is 4.93. The fourth-order valence-electron chi connectivity index (χ4n) is 0.846. The van der Waals surface area contributed by atoms with Crippen molar-refractivity contribution in [2.45, 2.75) is 11.8 Å². The molecule has 0 aliphatic rings. The first-order chi connectivity index (χ1) is 6.02. The second-order valence-electron chi connectivity index (χ2n) is 2.24. The van der Waals surface area contributed by atoms with Crippen LogP contribution in [0.25, 0.3) is 0 Å². The quantitative estimate of drug-likeness (QED) is 0.460. The Kier molecular flexibility index (Phi) is 4.57. The van der Waals surface area contributed by atoms with Gasteiger partial charge in [-0.3, -0.25) is 4.55 Å². The van der Waals surface area contributed by atoms with Crippen molar-refractivity contribution in [3.05, 3.63) is 29.8 Å². The van der Waals surface area contributed by atoms with Crippen LogP contribution in [0.3, 0.4) is 0 Å². The number of hydrogen-bond donors (Lipinski definition) is 3. The predicted molar refractivity (Wildman–Crippen MR) is 47.0 cm³/mol. The van der Waals surface area contributed by atoms with E-state index < -0.39 is 10.1 Å². The standard InChI is InChI=1S/C7H8O3S.H3NO/c1-6-4-2-3-5-7(6)11(8,9)10;1-2/h2-5H,1H3,(H,8,9,10);2H,1H2. The molecule has 13 heavy (non-hydrogen) atoms. The van der Waals surface area contributed by atoms with Crippen LogP contribution in [0.5, 0.6) is 0 Å². The molecule has 0 spiro atoms. The first-order valence-electron chi connectivity index (χ1n) is 3.31. The molecule has 0 aliphatic heterocycles. The molecule has 0 saturated carbocycles. The average molecular weight is 205 g/mol. The third-order valence-electron chi connectivity index (χ3n) is 1.37. The zero-order valence-electron chi connectivity index (χ0n) is 7.01. The van der Waals surface area contributed by atoms with Crippen LogP contribution in [0.4, 0.5) is 0 Å². The van der Waals surface area contributed by atoms with Crippen LogP contribution < -0.4 is 5.90 Å². The van der Waals surface area contributed by atoms with E-state index in [0.29, 0.717) is 5.56 Å². The smallest absolute Gasteiger partial charge is 0.294 e. The Morgan fingerprint density at radius 3 is 2.00 bits per heavy atom. The van der Waals surface area contributed by atoms with E-state index in [0.717, 1.165) is 0 Å². The fraction of sp³-hybridized carbons (Fsp3) is 0.143. The Bertz CT molecular complexity index is 361. The Balaban J connectivity index is 0.000000671. The molecule has 0 amide bonds. The van der Waals surface area contributed by atoms with Gasteiger partial charge in [-0.2, -0.15) is 8.42 Å². The van der Waals surface area contributed by atoms with Gasteiger partial charge in [0.15, 0.2) is 0 Å². The van der Waals surface area contributed by atoms with E-state index >= 15 is 0 Å². The minimum absolute atomic E-state index is 0.0278. The summed E-state index contributed by atoms with van der Waals surface area (Å²) in [7, 11) is -4.03. The Morgan fingerprint density at radius 1 is 1.23 bits per heavy atom. The van der Waals surface area contributed by atoms with Crippen LogP contribution in [0.2, 0.25) is 0 Å². The van der Waals surface area contributed by atoms with Crippen molar-refractivity contribution in [2.75, 3.05) is 0 Å². The summed E-state index contributed by atoms with van der Waals surface area (Å²) in [6, 6.07) is 6.27. The summed E-state index contributed by atoms with van der Waals surface area (Å²) in [4.78, 5) is -0.0278. The summed E-state index contributed by atoms with van der Waals surface area (Å²) in [6.07, 6.45) is 0. The number of benzene rings is 1. The number of rotatable bonds is 1. The molecule has 5 nitrogen and oxygen atoms in total. The summed E-state index contributed by atoms with van der Waals surface area (Å²) in [6.45, 7) is 1.63. The van der Waals surface area contributed by atoms with Gasteiger partial charge in [0.2, 0.25) is 0 Å². The first kappa shape index (κ1) is 12.0. The molecular weight excluding hydrogens is 194 g/mol. The molecule has 4 N–H and O–H groups in total. The fourth-order valence-corrected chi connectivity index (χ4v) is 1.57. The van der Waals surface area contributed by atoms with Gasteiger partial charge in [-0.05, 0) is 18.6 Å². The monoisotopic (exact) mass is 205 g/mol. The Labute approximate surface area is 76.5 Å². The first-order valence-corrected chi connectivity index (χ1v) is 4.75. The van der Waals surface area contributed by atoms with Gasteiger partial charge in [-0.15, -0.1) is 0 Å². The zero-order valence-corrected chi connectivity index (χ0v) is 7.82. The van der Waals surface area contributed by atoms with Crippen molar-refractivity contribution < 1.29 is 18.2 Å². The largest absolute Gasteiger partial charge is 0.320 e. The lowest BCUT2D eigenvalue weighted by Crippen LogP contribution is -1.99. The van der Waals surface area contributed by atoms with Gasteiger partial charge in [-0.1, -0.05) is 18.2 Å². The predicted octanol–water partition coefficient (Wildman–Crippen LogP) is 0.576. The van der Waals surface area contributed by atoms with E-state index in [1.807, 2.05) is 0 Å². The summed E-state index contributed by atoms with van der Waals surface area (Å²) >= 11 is 0. The van der Waals surface area contributed by atoms with E-state index in [1.165, 1.54) is 6.07 Å². The molecular formula is C7H11NO4S. The summed E-state index contributed by atoms with van der Waals surface area (Å²) in [5.74, 6) is 3.50. The van der Waals surface area contributed by atoms with Crippen LogP contribution in [-0.2, 0) is 10.1 Å². The lowest BCUT2D eigenvalue weighted by molar-refractivity contribution is 0.311. The lowest BCUT2D eigenvalue weighted by Gasteiger charge is -1.99. The molecule has 0 saturated heterocycles. The van der Waals surface area contributed by atoms with Crippen LogP contribution >= 0.6 is 0 Å². The van der Waals surface area contributed by atoms with Gasteiger partial charge in [0.1, 0.15) is 0 Å². The highest BCUT2D eigenvalue weighted by Gasteiger charge is 2.10. The molecule has 0 aromatic heterocycles. The lowest BCUT2D eigenvalue weighted by atomic mass is 10.2. The highest BCUT2D eigenvalue weighted by molar-refractivity contribution is 7.85. The van der Waals surface area contributed by atoms with Gasteiger partial charge in [0, 0.05) is 0 Å². The van der Waals surface area contributed by atoms with Crippen molar-refractivity contribution in [3.8, 4) is 0 Å². The third-order valence-corrected chi connectivity index (χ3v) is 2.39. The molecule has 74 valence electrons. The molecule has 1 rings (SSSR count). The minimum Gasteiger partial charge on any atom is -0.320 e. The van der Waals surface area contributed by atoms with Gasteiger partial charge in [0.25, 0.3) is 10.1 Å². The maximum absolute atomic E-state index is 10.6. The van der Waals surface area contributed by atoms with E-state index in [1.54, 1.807) is 25.1 Å². The van der Waals surface area contributed by atoms with Crippen LogP contribution in [0.15, 0.2) is 29.2 Å². The van der Waals surface area contributed by atoms with E-state index in [2.05, 4.69) is 5.90 Å². The maximum atomic E-state index is 10.6. The third kappa shape index (κ3) is 3.51. The number of nitrogens with two attached hydrogens (primary N) is 1. The van der Waals surface area contributed by atoms with E-state index in [4.69, 9.17) is 9.76 Å². The van der Waals surface area contributed by atoms with Crippen molar-refractivity contribution in [1.29, 1.82) is 0 Å². The highest BCUT2D eigenvalue weighted by Crippen LogP contribution is 2.12. The van der Waals surface area contributed by atoms with Crippen LogP contribution in [0, 0.1) is 6.92 Å². The van der Waals surface area contributed by atoms with Gasteiger partial charge in [0.05, 0.1) is 4.90 Å². The second-order valence-corrected chi connectivity index (χ2v) is 3.63. The molecule has 6 heteroatoms. The summed E-state index contributed by atoms with van der Waals surface area (Å²) in [5.41, 5.74) is 0.551. The van der Waals surface area contributed by atoms with Gasteiger partial charge < -0.3 is 5.21 Å². The molecule has 0 bridgehead atoms. The topological polar surface area (TPSA) is 101 Å². The Hall–Kier alpha value is -0.950. The van der Waals surface area contributed by atoms with Crippen molar-refractivity contribution in [2.24, 2.45) is 5.90 Å². The van der Waals surface area contributed by atoms with Gasteiger partial charge >= 0.3 is 0 Å². The Morgan fingerprint density at radius 2 is 1.69 bits per heavy atom. The SMILES string of the molecule is Cc1ccccc1S(=O)(=O)O.NO.